The topological polar surface area (TPSA) is 49.6 Å². The minimum Gasteiger partial charge on any atom is -0.371 e. The number of hydrogen-bond donors (Lipinski definition) is 0. The van der Waals surface area contributed by atoms with Crippen molar-refractivity contribution in [2.24, 2.45) is 0 Å². The van der Waals surface area contributed by atoms with E-state index in [0.29, 0.717) is 10.8 Å². The molecule has 1 fully saturated rings. The maximum absolute atomic E-state index is 13.1. The highest BCUT2D eigenvalue weighted by molar-refractivity contribution is 6.30. The number of amides is 1. The fourth-order valence-electron chi connectivity index (χ4n) is 3.66. The molecule has 2 aromatic carbocycles. The van der Waals surface area contributed by atoms with Gasteiger partial charge in [0.1, 0.15) is 5.82 Å². The zero-order valence-electron chi connectivity index (χ0n) is 16.0. The average Bonchev–Trinajstić information content (AvgIpc) is 3.24. The van der Waals surface area contributed by atoms with Gasteiger partial charge in [0.25, 0.3) is 5.91 Å². The van der Waals surface area contributed by atoms with Gasteiger partial charge in [-0.05, 0) is 49.2 Å². The molecule has 1 aromatic heterocycles. The third-order valence-electron chi connectivity index (χ3n) is 5.36. The highest BCUT2D eigenvalue weighted by atomic mass is 35.5. The van der Waals surface area contributed by atoms with Crippen molar-refractivity contribution in [1.82, 2.24) is 10.1 Å². The second-order valence-corrected chi connectivity index (χ2v) is 7.63. The number of aromatic nitrogens is 1. The molecule has 0 spiro atoms. The summed E-state index contributed by atoms with van der Waals surface area (Å²) in [5.41, 5.74) is 2.06. The van der Waals surface area contributed by atoms with Gasteiger partial charge in [0.05, 0.1) is 0 Å². The quantitative estimate of drug-likeness (QED) is 0.612. The third-order valence-corrected chi connectivity index (χ3v) is 5.60. The summed E-state index contributed by atoms with van der Waals surface area (Å²) in [5, 5.41) is 4.55. The van der Waals surface area contributed by atoms with Crippen LogP contribution in [-0.2, 0) is 0 Å². The van der Waals surface area contributed by atoms with Crippen LogP contribution in [0.2, 0.25) is 5.02 Å². The van der Waals surface area contributed by atoms with Crippen LogP contribution in [0.25, 0.3) is 11.3 Å². The summed E-state index contributed by atoms with van der Waals surface area (Å²) in [4.78, 5) is 16.8. The van der Waals surface area contributed by atoms with Gasteiger partial charge in [-0.3, -0.25) is 4.79 Å². The van der Waals surface area contributed by atoms with Crippen molar-refractivity contribution >= 4 is 23.2 Å². The zero-order chi connectivity index (χ0) is 20.4. The molecule has 1 aliphatic heterocycles. The molecule has 1 saturated heterocycles. The number of anilines is 1. The van der Waals surface area contributed by atoms with Gasteiger partial charge in [0.15, 0.2) is 11.5 Å². The number of piperidine rings is 1. The molecule has 7 heteroatoms. The fourth-order valence-corrected chi connectivity index (χ4v) is 3.85. The molecule has 4 rings (SSSR count). The zero-order valence-corrected chi connectivity index (χ0v) is 16.8. The second-order valence-electron chi connectivity index (χ2n) is 7.20. The van der Waals surface area contributed by atoms with Crippen molar-refractivity contribution in [3.05, 3.63) is 71.1 Å². The van der Waals surface area contributed by atoms with Crippen molar-refractivity contribution in [3.8, 4) is 11.3 Å². The first-order valence-electron chi connectivity index (χ1n) is 9.51. The number of nitrogens with zero attached hydrogens (tertiary/aromatic N) is 3. The molecule has 0 saturated carbocycles. The molecule has 29 heavy (non-hydrogen) atoms. The van der Waals surface area contributed by atoms with Crippen LogP contribution < -0.4 is 4.90 Å². The van der Waals surface area contributed by atoms with E-state index >= 15 is 0 Å². The molecule has 5 nitrogen and oxygen atoms in total. The molecular weight excluding hydrogens is 393 g/mol. The lowest BCUT2D eigenvalue weighted by atomic mass is 10.0. The van der Waals surface area contributed by atoms with Crippen LogP contribution in [0, 0.1) is 5.82 Å². The van der Waals surface area contributed by atoms with Crippen LogP contribution in [-0.4, -0.2) is 42.1 Å². The number of hydrogen-bond acceptors (Lipinski definition) is 4. The third kappa shape index (κ3) is 4.27. The van der Waals surface area contributed by atoms with Gasteiger partial charge in [0, 0.05) is 48.5 Å². The Kier molecular flexibility index (Phi) is 5.53. The Morgan fingerprint density at radius 2 is 1.90 bits per heavy atom. The number of carbonyl (C=O) groups excluding carboxylic acids is 1. The van der Waals surface area contributed by atoms with Crippen LogP contribution >= 0.6 is 11.6 Å². The summed E-state index contributed by atoms with van der Waals surface area (Å²) in [6.45, 7) is 1.61. The molecule has 0 bridgehead atoms. The molecule has 0 aliphatic carbocycles. The summed E-state index contributed by atoms with van der Waals surface area (Å²) in [6.07, 6.45) is 1.66. The van der Waals surface area contributed by atoms with Crippen LogP contribution in [0.15, 0.2) is 59.1 Å². The lowest BCUT2D eigenvalue weighted by Crippen LogP contribution is -2.45. The fraction of sp³-hybridized carbons (Fsp3) is 0.273. The summed E-state index contributed by atoms with van der Waals surface area (Å²) in [6, 6.07) is 15.5. The van der Waals surface area contributed by atoms with E-state index in [2.05, 4.69) is 10.1 Å². The summed E-state index contributed by atoms with van der Waals surface area (Å²) < 4.78 is 18.5. The van der Waals surface area contributed by atoms with Gasteiger partial charge >= 0.3 is 0 Å². The summed E-state index contributed by atoms with van der Waals surface area (Å²) >= 11 is 6.02. The maximum Gasteiger partial charge on any atom is 0.276 e. The van der Waals surface area contributed by atoms with Crippen molar-refractivity contribution in [2.75, 3.05) is 25.0 Å². The lowest BCUT2D eigenvalue weighted by Gasteiger charge is -2.37. The standard InChI is InChI=1S/C22H21ClFN3O2/c1-26(18-9-11-27(12-10-18)19-7-5-17(24)6-8-19)22(28)20-14-21(29-25-20)15-3-2-4-16(23)13-15/h2-8,13-14,18H,9-12H2,1H3. The summed E-state index contributed by atoms with van der Waals surface area (Å²) in [5.74, 6) is 0.108. The normalized spacial score (nSPS) is 14.8. The van der Waals surface area contributed by atoms with Crippen molar-refractivity contribution in [3.63, 3.8) is 0 Å². The highest BCUT2D eigenvalue weighted by Crippen LogP contribution is 2.26. The molecule has 3 aromatic rings. The minimum absolute atomic E-state index is 0.116. The van der Waals surface area contributed by atoms with Gasteiger partial charge in [-0.25, -0.2) is 4.39 Å². The van der Waals surface area contributed by atoms with Crippen molar-refractivity contribution < 1.29 is 13.7 Å². The van der Waals surface area contributed by atoms with E-state index in [-0.39, 0.29) is 23.5 Å². The van der Waals surface area contributed by atoms with Gasteiger partial charge in [0.2, 0.25) is 0 Å². The Hall–Kier alpha value is -2.86. The van der Waals surface area contributed by atoms with E-state index in [1.165, 1.54) is 12.1 Å². The molecule has 0 atom stereocenters. The number of rotatable bonds is 4. The first kappa shape index (κ1) is 19.5. The van der Waals surface area contributed by atoms with E-state index in [1.54, 1.807) is 42.3 Å². The van der Waals surface area contributed by atoms with E-state index in [1.807, 2.05) is 12.1 Å². The van der Waals surface area contributed by atoms with E-state index in [4.69, 9.17) is 16.1 Å². The van der Waals surface area contributed by atoms with E-state index in [0.717, 1.165) is 37.2 Å². The van der Waals surface area contributed by atoms with E-state index in [9.17, 15) is 9.18 Å². The van der Waals surface area contributed by atoms with Crippen LogP contribution in [0.5, 0.6) is 0 Å². The molecule has 2 heterocycles. The Morgan fingerprint density at radius 3 is 2.59 bits per heavy atom. The molecule has 1 amide bonds. The molecule has 0 unspecified atom stereocenters. The Balaban J connectivity index is 1.39. The molecule has 0 N–H and O–H groups in total. The second kappa shape index (κ2) is 8.25. The minimum atomic E-state index is -0.237. The lowest BCUT2D eigenvalue weighted by molar-refractivity contribution is 0.0699. The van der Waals surface area contributed by atoms with Gasteiger partial charge in [-0.2, -0.15) is 0 Å². The van der Waals surface area contributed by atoms with Crippen molar-refractivity contribution in [1.29, 1.82) is 0 Å². The van der Waals surface area contributed by atoms with Crippen molar-refractivity contribution in [2.45, 2.75) is 18.9 Å². The van der Waals surface area contributed by atoms with Crippen LogP contribution in [0.3, 0.4) is 0 Å². The van der Waals surface area contributed by atoms with Gasteiger partial charge in [-0.1, -0.05) is 28.9 Å². The predicted octanol–water partition coefficient (Wildman–Crippen LogP) is 4.88. The molecule has 1 aliphatic rings. The van der Waals surface area contributed by atoms with Crippen LogP contribution in [0.4, 0.5) is 10.1 Å². The predicted molar refractivity (Wildman–Crippen MR) is 111 cm³/mol. The number of halogens is 2. The maximum atomic E-state index is 13.1. The number of benzene rings is 2. The molecule has 150 valence electrons. The monoisotopic (exact) mass is 413 g/mol. The van der Waals surface area contributed by atoms with Gasteiger partial charge in [-0.15, -0.1) is 0 Å². The average molecular weight is 414 g/mol. The highest BCUT2D eigenvalue weighted by Gasteiger charge is 2.28. The molecular formula is C22H21ClFN3O2. The smallest absolute Gasteiger partial charge is 0.276 e. The van der Waals surface area contributed by atoms with E-state index < -0.39 is 0 Å². The summed E-state index contributed by atoms with van der Waals surface area (Å²) in [7, 11) is 1.80. The Morgan fingerprint density at radius 1 is 1.17 bits per heavy atom. The first-order valence-corrected chi connectivity index (χ1v) is 9.89. The largest absolute Gasteiger partial charge is 0.371 e. The van der Waals surface area contributed by atoms with Gasteiger partial charge < -0.3 is 14.3 Å². The SMILES string of the molecule is CN(C(=O)c1cc(-c2cccc(Cl)c2)on1)C1CCN(c2ccc(F)cc2)CC1. The number of carbonyl (C=O) groups is 1. The molecule has 0 radical (unpaired) electrons. The first-order chi connectivity index (χ1) is 14.0. The Bertz CT molecular complexity index is 997. The Labute approximate surface area is 173 Å². The van der Waals surface area contributed by atoms with Crippen LogP contribution in [0.1, 0.15) is 23.3 Å².